The van der Waals surface area contributed by atoms with Gasteiger partial charge < -0.3 is 20.1 Å². The maximum absolute atomic E-state index is 12.4. The number of ether oxygens (including phenoxy) is 2. The second kappa shape index (κ2) is 8.51. The highest BCUT2D eigenvalue weighted by Gasteiger charge is 2.30. The van der Waals surface area contributed by atoms with E-state index in [1.165, 1.54) is 19.9 Å². The van der Waals surface area contributed by atoms with Crippen molar-refractivity contribution in [2.45, 2.75) is 37.6 Å². The fourth-order valence-corrected chi connectivity index (χ4v) is 3.13. The molecule has 2 aliphatic carbocycles. The molecule has 1 heterocycles. The van der Waals surface area contributed by atoms with Crippen LogP contribution in [0.25, 0.3) is 0 Å². The quantitative estimate of drug-likeness (QED) is 0.716. The molecule has 1 unspecified atom stereocenters. The Labute approximate surface area is 169 Å². The number of carbonyl (C=O) groups excluding carboxylic acids is 2. The molecular weight excluding hydrogens is 370 g/mol. The molecule has 0 radical (unpaired) electrons. The fourth-order valence-electron chi connectivity index (χ4n) is 3.13. The number of rotatable bonds is 8. The minimum atomic E-state index is -0.856. The van der Waals surface area contributed by atoms with E-state index in [1.807, 2.05) is 12.1 Å². The van der Waals surface area contributed by atoms with E-state index in [2.05, 4.69) is 15.6 Å². The van der Waals surface area contributed by atoms with E-state index in [4.69, 9.17) is 9.47 Å². The lowest BCUT2D eigenvalue weighted by molar-refractivity contribution is -0.122. The molecule has 2 aliphatic rings. The van der Waals surface area contributed by atoms with Crippen molar-refractivity contribution < 1.29 is 19.1 Å². The largest absolute Gasteiger partial charge is 0.477 e. The number of aromatic nitrogens is 1. The van der Waals surface area contributed by atoms with Gasteiger partial charge in [0.2, 0.25) is 17.7 Å². The SMILES string of the molecule is CNC(=O)C(NC(=O)Oc1ccc(C2CC2)c(OCC2CC2)n1)c1ccccc1. The van der Waals surface area contributed by atoms with Gasteiger partial charge in [0, 0.05) is 18.7 Å². The van der Waals surface area contributed by atoms with Crippen LogP contribution in [-0.4, -0.2) is 30.6 Å². The van der Waals surface area contributed by atoms with Crippen LogP contribution in [0.2, 0.25) is 0 Å². The van der Waals surface area contributed by atoms with Crippen molar-refractivity contribution >= 4 is 12.0 Å². The lowest BCUT2D eigenvalue weighted by Crippen LogP contribution is -2.40. The molecule has 2 fully saturated rings. The van der Waals surface area contributed by atoms with Gasteiger partial charge in [0.25, 0.3) is 0 Å². The minimum Gasteiger partial charge on any atom is -0.477 e. The summed E-state index contributed by atoms with van der Waals surface area (Å²) in [5.74, 6) is 1.46. The lowest BCUT2D eigenvalue weighted by atomic mass is 10.1. The topological polar surface area (TPSA) is 89.6 Å². The van der Waals surface area contributed by atoms with E-state index >= 15 is 0 Å². The number of nitrogens with one attached hydrogen (secondary N) is 2. The van der Waals surface area contributed by atoms with Crippen molar-refractivity contribution in [3.05, 3.63) is 53.6 Å². The van der Waals surface area contributed by atoms with Crippen molar-refractivity contribution in [1.82, 2.24) is 15.6 Å². The molecule has 2 amide bonds. The number of nitrogens with zero attached hydrogens (tertiary/aromatic N) is 1. The zero-order chi connectivity index (χ0) is 20.2. The lowest BCUT2D eigenvalue weighted by Gasteiger charge is -2.17. The first-order valence-corrected chi connectivity index (χ1v) is 10.0. The Morgan fingerprint density at radius 2 is 1.86 bits per heavy atom. The van der Waals surface area contributed by atoms with Crippen LogP contribution in [0.4, 0.5) is 4.79 Å². The molecule has 1 aromatic heterocycles. The molecule has 7 heteroatoms. The molecule has 2 saturated carbocycles. The van der Waals surface area contributed by atoms with Crippen LogP contribution in [-0.2, 0) is 4.79 Å². The minimum absolute atomic E-state index is 0.154. The highest BCUT2D eigenvalue weighted by Crippen LogP contribution is 2.44. The van der Waals surface area contributed by atoms with Crippen LogP contribution in [0.3, 0.4) is 0 Å². The molecule has 1 aromatic carbocycles. The van der Waals surface area contributed by atoms with Gasteiger partial charge in [-0.25, -0.2) is 4.79 Å². The number of hydrogen-bond donors (Lipinski definition) is 2. The number of hydrogen-bond acceptors (Lipinski definition) is 5. The van der Waals surface area contributed by atoms with E-state index in [0.717, 1.165) is 18.4 Å². The van der Waals surface area contributed by atoms with Gasteiger partial charge in [0.1, 0.15) is 6.04 Å². The van der Waals surface area contributed by atoms with Gasteiger partial charge in [-0.05, 0) is 49.1 Å². The highest BCUT2D eigenvalue weighted by atomic mass is 16.6. The standard InChI is InChI=1S/C22H25N3O4/c1-23-20(26)19(16-5-3-2-4-6-16)25-22(27)29-18-12-11-17(15-9-10-15)21(24-18)28-13-14-7-8-14/h2-6,11-12,14-15,19H,7-10,13H2,1H3,(H,23,26)(H,25,27). The molecule has 0 bridgehead atoms. The second-order valence-electron chi connectivity index (χ2n) is 7.56. The zero-order valence-corrected chi connectivity index (χ0v) is 16.4. The average molecular weight is 395 g/mol. The highest BCUT2D eigenvalue weighted by molar-refractivity contribution is 5.87. The fraction of sp³-hybridized carbons (Fsp3) is 0.409. The van der Waals surface area contributed by atoms with Crippen LogP contribution in [0.15, 0.2) is 42.5 Å². The van der Waals surface area contributed by atoms with E-state index in [9.17, 15) is 9.59 Å². The molecule has 2 aromatic rings. The Morgan fingerprint density at radius 1 is 1.10 bits per heavy atom. The van der Waals surface area contributed by atoms with Gasteiger partial charge in [0.05, 0.1) is 6.61 Å². The van der Waals surface area contributed by atoms with Crippen molar-refractivity contribution in [1.29, 1.82) is 0 Å². The molecule has 0 aliphatic heterocycles. The summed E-state index contributed by atoms with van der Waals surface area (Å²) in [5, 5.41) is 5.16. The third-order valence-electron chi connectivity index (χ3n) is 5.13. The number of pyridine rings is 1. The second-order valence-corrected chi connectivity index (χ2v) is 7.56. The first-order chi connectivity index (χ1) is 14.1. The van der Waals surface area contributed by atoms with Crippen molar-refractivity contribution in [2.75, 3.05) is 13.7 Å². The molecule has 2 N–H and O–H groups in total. The van der Waals surface area contributed by atoms with E-state index < -0.39 is 12.1 Å². The molecule has 0 spiro atoms. The first kappa shape index (κ1) is 19.2. The molecule has 29 heavy (non-hydrogen) atoms. The number of carbonyl (C=O) groups is 2. The Kier molecular flexibility index (Phi) is 5.64. The summed E-state index contributed by atoms with van der Waals surface area (Å²) < 4.78 is 11.3. The zero-order valence-electron chi connectivity index (χ0n) is 16.4. The van der Waals surface area contributed by atoms with Gasteiger partial charge in [0.15, 0.2) is 0 Å². The van der Waals surface area contributed by atoms with Crippen molar-refractivity contribution in [2.24, 2.45) is 5.92 Å². The van der Waals surface area contributed by atoms with E-state index in [0.29, 0.717) is 29.9 Å². The van der Waals surface area contributed by atoms with Gasteiger partial charge in [-0.1, -0.05) is 30.3 Å². The Morgan fingerprint density at radius 3 is 2.52 bits per heavy atom. The smallest absolute Gasteiger partial charge is 0.414 e. The van der Waals surface area contributed by atoms with Crippen LogP contribution in [0.5, 0.6) is 11.8 Å². The summed E-state index contributed by atoms with van der Waals surface area (Å²) >= 11 is 0. The number of likely N-dealkylation sites (N-methyl/N-ethyl adjacent to an activating group) is 1. The molecule has 152 valence electrons. The normalized spacial score (nSPS) is 16.6. The van der Waals surface area contributed by atoms with Gasteiger partial charge in [-0.15, -0.1) is 0 Å². The first-order valence-electron chi connectivity index (χ1n) is 10.0. The number of amides is 2. The van der Waals surface area contributed by atoms with Crippen LogP contribution in [0, 0.1) is 5.92 Å². The Bertz CT molecular complexity index is 879. The number of benzene rings is 1. The Hall–Kier alpha value is -3.09. The summed E-state index contributed by atoms with van der Waals surface area (Å²) in [7, 11) is 1.52. The predicted molar refractivity (Wildman–Crippen MR) is 107 cm³/mol. The van der Waals surface area contributed by atoms with Crippen LogP contribution in [0.1, 0.15) is 48.8 Å². The monoisotopic (exact) mass is 395 g/mol. The van der Waals surface area contributed by atoms with Gasteiger partial charge in [-0.2, -0.15) is 4.98 Å². The van der Waals surface area contributed by atoms with Gasteiger partial charge in [-0.3, -0.25) is 4.79 Å². The van der Waals surface area contributed by atoms with E-state index in [-0.39, 0.29) is 11.8 Å². The molecule has 0 saturated heterocycles. The van der Waals surface area contributed by atoms with Gasteiger partial charge >= 0.3 is 6.09 Å². The summed E-state index contributed by atoms with van der Waals surface area (Å²) in [6, 6.07) is 11.7. The summed E-state index contributed by atoms with van der Waals surface area (Å²) in [6.07, 6.45) is 3.90. The summed E-state index contributed by atoms with van der Waals surface area (Å²) in [4.78, 5) is 29.1. The maximum atomic E-state index is 12.4. The Balaban J connectivity index is 1.45. The summed E-state index contributed by atoms with van der Waals surface area (Å²) in [5.41, 5.74) is 1.74. The molecular formula is C22H25N3O4. The maximum Gasteiger partial charge on any atom is 0.414 e. The van der Waals surface area contributed by atoms with Crippen LogP contribution >= 0.6 is 0 Å². The van der Waals surface area contributed by atoms with Crippen molar-refractivity contribution in [3.8, 4) is 11.8 Å². The molecule has 4 rings (SSSR count). The van der Waals surface area contributed by atoms with Crippen molar-refractivity contribution in [3.63, 3.8) is 0 Å². The molecule has 7 nitrogen and oxygen atoms in total. The van der Waals surface area contributed by atoms with Crippen LogP contribution < -0.4 is 20.1 Å². The average Bonchev–Trinajstić information content (AvgIpc) is 3.64. The predicted octanol–water partition coefficient (Wildman–Crippen LogP) is 3.32. The van der Waals surface area contributed by atoms with E-state index in [1.54, 1.807) is 30.3 Å². The third kappa shape index (κ3) is 5.04. The third-order valence-corrected chi connectivity index (χ3v) is 5.13. The molecule has 1 atom stereocenters. The summed E-state index contributed by atoms with van der Waals surface area (Å²) in [6.45, 7) is 0.648.